The van der Waals surface area contributed by atoms with E-state index in [1.807, 2.05) is 13.0 Å². The van der Waals surface area contributed by atoms with Gasteiger partial charge < -0.3 is 15.2 Å². The van der Waals surface area contributed by atoms with Gasteiger partial charge >= 0.3 is 6.03 Å². The largest absolute Gasteiger partial charge is 0.360 e. The fourth-order valence-electron chi connectivity index (χ4n) is 3.01. The monoisotopic (exact) mass is 374 g/mol. The summed E-state index contributed by atoms with van der Waals surface area (Å²) in [6.07, 6.45) is 0. The highest BCUT2D eigenvalue weighted by molar-refractivity contribution is 6.31. The topological polar surface area (TPSA) is 87.5 Å². The average Bonchev–Trinajstić information content (AvgIpc) is 2.99. The molecule has 0 bridgehead atoms. The van der Waals surface area contributed by atoms with Crippen molar-refractivity contribution in [1.82, 2.24) is 15.4 Å². The average molecular weight is 375 g/mol. The van der Waals surface area contributed by atoms with E-state index in [4.69, 9.17) is 16.1 Å². The predicted octanol–water partition coefficient (Wildman–Crippen LogP) is 3.64. The van der Waals surface area contributed by atoms with E-state index in [1.165, 1.54) is 4.90 Å². The third-order valence-corrected chi connectivity index (χ3v) is 4.59. The standard InChI is InChI=1S/C18H19ClN4O3/c1-4-23-11(3)15(17(24)20-14-9-10(2)26-22-14)16(21-18(23)25)12-7-5-6-8-13(12)19/h5-9,16H,4H2,1-3H3,(H,21,25)(H,20,22,24). The molecule has 0 fully saturated rings. The first-order valence-electron chi connectivity index (χ1n) is 8.20. The van der Waals surface area contributed by atoms with Crippen molar-refractivity contribution < 1.29 is 14.1 Å². The van der Waals surface area contributed by atoms with Crippen molar-refractivity contribution in [2.24, 2.45) is 0 Å². The van der Waals surface area contributed by atoms with Gasteiger partial charge in [-0.2, -0.15) is 0 Å². The van der Waals surface area contributed by atoms with Crippen LogP contribution < -0.4 is 10.6 Å². The zero-order chi connectivity index (χ0) is 18.8. The molecule has 0 saturated carbocycles. The molecule has 1 aromatic heterocycles. The van der Waals surface area contributed by atoms with E-state index in [1.54, 1.807) is 38.1 Å². The van der Waals surface area contributed by atoms with Gasteiger partial charge in [-0.05, 0) is 32.4 Å². The summed E-state index contributed by atoms with van der Waals surface area (Å²) in [5.74, 6) is 0.519. The van der Waals surface area contributed by atoms with E-state index in [-0.39, 0.29) is 11.9 Å². The van der Waals surface area contributed by atoms with Crippen LogP contribution in [0, 0.1) is 6.92 Å². The van der Waals surface area contributed by atoms with Crippen LogP contribution in [-0.4, -0.2) is 28.5 Å². The van der Waals surface area contributed by atoms with Gasteiger partial charge in [0.25, 0.3) is 5.91 Å². The van der Waals surface area contributed by atoms with Crippen LogP contribution in [0.4, 0.5) is 10.6 Å². The van der Waals surface area contributed by atoms with E-state index in [0.29, 0.717) is 40.0 Å². The van der Waals surface area contributed by atoms with Crippen molar-refractivity contribution in [2.45, 2.75) is 26.8 Å². The van der Waals surface area contributed by atoms with Crippen molar-refractivity contribution in [2.75, 3.05) is 11.9 Å². The second-order valence-electron chi connectivity index (χ2n) is 5.92. The zero-order valence-corrected chi connectivity index (χ0v) is 15.4. The summed E-state index contributed by atoms with van der Waals surface area (Å²) in [7, 11) is 0. The lowest BCUT2D eigenvalue weighted by atomic mass is 9.94. The number of carbonyl (C=O) groups excluding carboxylic acids is 2. The Morgan fingerprint density at radius 3 is 2.73 bits per heavy atom. The van der Waals surface area contributed by atoms with Crippen LogP contribution in [0.1, 0.15) is 31.2 Å². The molecule has 1 aliphatic rings. The molecule has 2 aromatic rings. The summed E-state index contributed by atoms with van der Waals surface area (Å²) in [6, 6.07) is 7.80. The Bertz CT molecular complexity index is 890. The Morgan fingerprint density at radius 2 is 2.12 bits per heavy atom. The van der Waals surface area contributed by atoms with E-state index in [9.17, 15) is 9.59 Å². The maximum Gasteiger partial charge on any atom is 0.322 e. The first-order valence-corrected chi connectivity index (χ1v) is 8.58. The number of carbonyl (C=O) groups is 2. The Hall–Kier alpha value is -2.80. The predicted molar refractivity (Wildman–Crippen MR) is 97.7 cm³/mol. The van der Waals surface area contributed by atoms with Gasteiger partial charge in [0.1, 0.15) is 5.76 Å². The highest BCUT2D eigenvalue weighted by Crippen LogP contribution is 2.34. The maximum atomic E-state index is 13.0. The molecule has 1 atom stereocenters. The van der Waals surface area contributed by atoms with Crippen molar-refractivity contribution >= 4 is 29.4 Å². The molecule has 0 radical (unpaired) electrons. The number of hydrogen-bond acceptors (Lipinski definition) is 4. The van der Waals surface area contributed by atoms with Crippen LogP contribution in [0.2, 0.25) is 5.02 Å². The van der Waals surface area contributed by atoms with Crippen LogP contribution in [0.5, 0.6) is 0 Å². The molecule has 1 aliphatic heterocycles. The molecular formula is C18H19ClN4O3. The SMILES string of the molecule is CCN1C(=O)NC(c2ccccc2Cl)C(C(=O)Nc2cc(C)on2)=C1C. The minimum atomic E-state index is -0.660. The Labute approximate surface area is 156 Å². The lowest BCUT2D eigenvalue weighted by molar-refractivity contribution is -0.113. The van der Waals surface area contributed by atoms with E-state index in [2.05, 4.69) is 15.8 Å². The van der Waals surface area contributed by atoms with Gasteiger partial charge in [0, 0.05) is 23.3 Å². The van der Waals surface area contributed by atoms with Gasteiger partial charge in [0.15, 0.2) is 5.82 Å². The number of urea groups is 1. The number of rotatable bonds is 4. The Kier molecular flexibility index (Phi) is 4.99. The number of nitrogens with one attached hydrogen (secondary N) is 2. The first kappa shape index (κ1) is 18.0. The molecule has 7 nitrogen and oxygen atoms in total. The molecule has 136 valence electrons. The molecule has 0 aliphatic carbocycles. The number of hydrogen-bond donors (Lipinski definition) is 2. The van der Waals surface area contributed by atoms with Crippen molar-refractivity contribution in [3.05, 3.63) is 57.9 Å². The number of nitrogens with zero attached hydrogens (tertiary/aromatic N) is 2. The maximum absolute atomic E-state index is 13.0. The van der Waals surface area contributed by atoms with Crippen LogP contribution in [-0.2, 0) is 4.79 Å². The molecule has 0 saturated heterocycles. The van der Waals surface area contributed by atoms with Gasteiger partial charge in [-0.3, -0.25) is 9.69 Å². The molecule has 1 unspecified atom stereocenters. The summed E-state index contributed by atoms with van der Waals surface area (Å²) in [5.41, 5.74) is 1.62. The molecule has 26 heavy (non-hydrogen) atoms. The Balaban J connectivity index is 2.04. The molecule has 2 heterocycles. The van der Waals surface area contributed by atoms with Gasteiger partial charge in [-0.1, -0.05) is 35.0 Å². The quantitative estimate of drug-likeness (QED) is 0.855. The van der Waals surface area contributed by atoms with E-state index in [0.717, 1.165) is 0 Å². The number of amides is 3. The molecule has 3 rings (SSSR count). The van der Waals surface area contributed by atoms with Crippen LogP contribution in [0.3, 0.4) is 0 Å². The van der Waals surface area contributed by atoms with Crippen LogP contribution in [0.15, 0.2) is 46.1 Å². The van der Waals surface area contributed by atoms with Gasteiger partial charge in [0.05, 0.1) is 11.6 Å². The fourth-order valence-corrected chi connectivity index (χ4v) is 3.25. The molecule has 8 heteroatoms. The normalized spacial score (nSPS) is 17.3. The summed E-state index contributed by atoms with van der Waals surface area (Å²) in [4.78, 5) is 26.9. The molecule has 0 spiro atoms. The number of anilines is 1. The molecular weight excluding hydrogens is 356 g/mol. The van der Waals surface area contributed by atoms with Crippen molar-refractivity contribution in [1.29, 1.82) is 0 Å². The third kappa shape index (κ3) is 3.30. The van der Waals surface area contributed by atoms with Crippen molar-refractivity contribution in [3.8, 4) is 0 Å². The number of aromatic nitrogens is 1. The zero-order valence-electron chi connectivity index (χ0n) is 14.7. The smallest absolute Gasteiger partial charge is 0.322 e. The summed E-state index contributed by atoms with van der Waals surface area (Å²) < 4.78 is 4.99. The highest BCUT2D eigenvalue weighted by atomic mass is 35.5. The number of halogens is 1. The van der Waals surface area contributed by atoms with Gasteiger partial charge in [-0.15, -0.1) is 0 Å². The molecule has 1 aromatic carbocycles. The van der Waals surface area contributed by atoms with Crippen molar-refractivity contribution in [3.63, 3.8) is 0 Å². The third-order valence-electron chi connectivity index (χ3n) is 4.24. The first-order chi connectivity index (χ1) is 12.4. The number of benzene rings is 1. The number of allylic oxidation sites excluding steroid dienone is 1. The lowest BCUT2D eigenvalue weighted by Crippen LogP contribution is -2.48. The minimum Gasteiger partial charge on any atom is -0.360 e. The lowest BCUT2D eigenvalue weighted by Gasteiger charge is -2.35. The second kappa shape index (κ2) is 7.21. The van der Waals surface area contributed by atoms with Crippen LogP contribution >= 0.6 is 11.6 Å². The Morgan fingerprint density at radius 1 is 1.38 bits per heavy atom. The molecule has 2 N–H and O–H groups in total. The van der Waals surface area contributed by atoms with Crippen LogP contribution in [0.25, 0.3) is 0 Å². The fraction of sp³-hybridized carbons (Fsp3) is 0.278. The minimum absolute atomic E-state index is 0.274. The van der Waals surface area contributed by atoms with Gasteiger partial charge in [-0.25, -0.2) is 4.79 Å². The highest BCUT2D eigenvalue weighted by Gasteiger charge is 2.36. The van der Waals surface area contributed by atoms with E-state index >= 15 is 0 Å². The summed E-state index contributed by atoms with van der Waals surface area (Å²) in [6.45, 7) is 5.76. The van der Waals surface area contributed by atoms with E-state index < -0.39 is 6.04 Å². The second-order valence-corrected chi connectivity index (χ2v) is 6.33. The molecule has 3 amide bonds. The summed E-state index contributed by atoms with van der Waals surface area (Å²) in [5, 5.41) is 9.84. The summed E-state index contributed by atoms with van der Waals surface area (Å²) >= 11 is 6.31. The van der Waals surface area contributed by atoms with Gasteiger partial charge in [0.2, 0.25) is 0 Å². The number of aryl methyl sites for hydroxylation is 1.